The average Bonchev–Trinajstić information content (AvgIpc) is 3.48. The number of piperazine rings is 1. The normalized spacial score (nSPS) is 20.3. The van der Waals surface area contributed by atoms with Gasteiger partial charge in [-0.15, -0.1) is 0 Å². The molecule has 2 saturated heterocycles. The van der Waals surface area contributed by atoms with Gasteiger partial charge in [-0.3, -0.25) is 4.79 Å². The molecule has 1 amide bonds. The Hall–Kier alpha value is -4.99. The van der Waals surface area contributed by atoms with Gasteiger partial charge in [-0.05, 0) is 43.0 Å². The quantitative estimate of drug-likeness (QED) is 0.116. The van der Waals surface area contributed by atoms with Crippen LogP contribution in [-0.2, 0) is 69.2 Å². The van der Waals surface area contributed by atoms with Crippen molar-refractivity contribution in [2.75, 3.05) is 32.8 Å². The average molecular weight is 799 g/mol. The standard InChI is InChI=1S/C43H52N2O7.C2H2O4/c1-33-43(52-42(2,3)51-33,32-47-28-34-16-8-4-9-17-34)40(50-31-37-22-14-7-15-23-37)38(48-29-35-18-10-5-11-19-35)39(41(46)45-26-24-44-25-27-45)49-30-36-20-12-6-13-21-36;3-1(4)2(5)6/h4-23,33,38-40,44H,24-32H2,1-3H3;(H,3,4)(H,5,6)/t33-,38?,39?,40?,43-;/m1./s1. The van der Waals surface area contributed by atoms with Gasteiger partial charge >= 0.3 is 11.9 Å². The molecule has 0 saturated carbocycles. The number of aliphatic carboxylic acids is 2. The maximum Gasteiger partial charge on any atom is 0.414 e. The lowest BCUT2D eigenvalue weighted by Crippen LogP contribution is -2.64. The predicted molar refractivity (Wildman–Crippen MR) is 214 cm³/mol. The maximum absolute atomic E-state index is 14.8. The van der Waals surface area contributed by atoms with Crippen molar-refractivity contribution in [2.24, 2.45) is 0 Å². The number of carboxylic acid groups (broad SMARTS) is 2. The Balaban J connectivity index is 0.000000992. The van der Waals surface area contributed by atoms with Crippen LogP contribution in [0.4, 0.5) is 0 Å². The zero-order valence-corrected chi connectivity index (χ0v) is 33.2. The van der Waals surface area contributed by atoms with E-state index in [0.717, 1.165) is 22.3 Å². The summed E-state index contributed by atoms with van der Waals surface area (Å²) in [5, 5.41) is 18.1. The minimum Gasteiger partial charge on any atom is -0.473 e. The number of nitrogens with one attached hydrogen (secondary N) is 1. The lowest BCUT2D eigenvalue weighted by molar-refractivity contribution is -0.250. The summed E-state index contributed by atoms with van der Waals surface area (Å²) in [6, 6.07) is 39.8. The number of nitrogens with zero attached hydrogens (tertiary/aromatic N) is 1. The molecule has 3 N–H and O–H groups in total. The van der Waals surface area contributed by atoms with Gasteiger partial charge < -0.3 is 48.9 Å². The van der Waals surface area contributed by atoms with Crippen LogP contribution in [0.2, 0.25) is 0 Å². The van der Waals surface area contributed by atoms with Crippen molar-refractivity contribution in [3.63, 3.8) is 0 Å². The van der Waals surface area contributed by atoms with Crippen LogP contribution in [0.3, 0.4) is 0 Å². The summed E-state index contributed by atoms with van der Waals surface area (Å²) >= 11 is 0. The van der Waals surface area contributed by atoms with Gasteiger partial charge in [0.1, 0.15) is 17.8 Å². The highest BCUT2D eigenvalue weighted by Gasteiger charge is 2.61. The minimum absolute atomic E-state index is 0.115. The largest absolute Gasteiger partial charge is 0.473 e. The Bertz CT molecular complexity index is 1830. The topological polar surface area (TPSA) is 162 Å². The van der Waals surface area contributed by atoms with E-state index in [4.69, 9.17) is 48.2 Å². The van der Waals surface area contributed by atoms with Gasteiger partial charge in [0.15, 0.2) is 11.9 Å². The van der Waals surface area contributed by atoms with E-state index in [1.807, 2.05) is 147 Å². The number of carbonyl (C=O) groups is 3. The molecule has 0 aromatic heterocycles. The van der Waals surface area contributed by atoms with Gasteiger partial charge in [-0.1, -0.05) is 121 Å². The summed E-state index contributed by atoms with van der Waals surface area (Å²) in [5.41, 5.74) is 2.69. The molecule has 13 heteroatoms. The van der Waals surface area contributed by atoms with E-state index < -0.39 is 47.7 Å². The van der Waals surface area contributed by atoms with Crippen LogP contribution in [0.1, 0.15) is 43.0 Å². The Morgan fingerprint density at radius 3 is 1.55 bits per heavy atom. The first-order valence-corrected chi connectivity index (χ1v) is 19.4. The number of amides is 1. The molecule has 0 spiro atoms. The highest BCUT2D eigenvalue weighted by Crippen LogP contribution is 2.43. The van der Waals surface area contributed by atoms with Gasteiger partial charge in [0, 0.05) is 26.2 Å². The predicted octanol–water partition coefficient (Wildman–Crippen LogP) is 5.46. The van der Waals surface area contributed by atoms with Gasteiger partial charge in [-0.2, -0.15) is 0 Å². The van der Waals surface area contributed by atoms with Crippen LogP contribution in [-0.4, -0.2) is 102 Å². The van der Waals surface area contributed by atoms with E-state index >= 15 is 0 Å². The highest BCUT2D eigenvalue weighted by molar-refractivity contribution is 6.27. The summed E-state index contributed by atoms with van der Waals surface area (Å²) in [6.45, 7) is 9.40. The molecule has 2 aliphatic rings. The van der Waals surface area contributed by atoms with Crippen LogP contribution < -0.4 is 5.32 Å². The van der Waals surface area contributed by atoms with Crippen molar-refractivity contribution < 1.29 is 53.0 Å². The third-order valence-corrected chi connectivity index (χ3v) is 9.79. The van der Waals surface area contributed by atoms with E-state index in [1.165, 1.54) is 0 Å². The van der Waals surface area contributed by atoms with E-state index in [9.17, 15) is 4.79 Å². The number of carboxylic acids is 2. The molecule has 310 valence electrons. The van der Waals surface area contributed by atoms with Crippen LogP contribution >= 0.6 is 0 Å². The molecule has 5 atom stereocenters. The molecular weight excluding hydrogens is 744 g/mol. The zero-order valence-electron chi connectivity index (χ0n) is 33.2. The van der Waals surface area contributed by atoms with Crippen molar-refractivity contribution in [3.05, 3.63) is 144 Å². The fraction of sp³-hybridized carbons (Fsp3) is 0.400. The number of rotatable bonds is 17. The fourth-order valence-electron chi connectivity index (χ4n) is 7.02. The lowest BCUT2D eigenvalue weighted by atomic mass is 9.85. The molecule has 0 radical (unpaired) electrons. The molecule has 4 aromatic carbocycles. The van der Waals surface area contributed by atoms with Gasteiger partial charge in [0.05, 0.1) is 39.1 Å². The second-order valence-corrected chi connectivity index (χ2v) is 14.6. The second kappa shape index (κ2) is 21.7. The zero-order chi connectivity index (χ0) is 41.4. The summed E-state index contributed by atoms with van der Waals surface area (Å²) < 4.78 is 40.7. The van der Waals surface area contributed by atoms with Crippen molar-refractivity contribution in [2.45, 2.75) is 83.0 Å². The van der Waals surface area contributed by atoms with Crippen molar-refractivity contribution in [1.29, 1.82) is 0 Å². The molecule has 6 rings (SSSR count). The van der Waals surface area contributed by atoms with Crippen LogP contribution in [0, 0.1) is 0 Å². The van der Waals surface area contributed by atoms with Crippen molar-refractivity contribution >= 4 is 17.8 Å². The van der Waals surface area contributed by atoms with E-state index in [-0.39, 0.29) is 32.3 Å². The molecule has 3 unspecified atom stereocenters. The molecule has 4 aromatic rings. The third kappa shape index (κ3) is 12.8. The SMILES string of the molecule is C[C@H]1OC(C)(C)O[C@@]1(COCc1ccccc1)C(OCc1ccccc1)C(OCc1ccccc1)C(OCc1ccccc1)C(=O)N1CCNCC1.O=C(O)C(=O)O. The summed E-state index contributed by atoms with van der Waals surface area (Å²) in [7, 11) is 0. The van der Waals surface area contributed by atoms with Gasteiger partial charge in [0.25, 0.3) is 5.91 Å². The monoisotopic (exact) mass is 798 g/mol. The highest BCUT2D eigenvalue weighted by atomic mass is 16.8. The Kier molecular flexibility index (Phi) is 16.5. The number of hydrogen-bond acceptors (Lipinski definition) is 10. The number of hydrogen-bond donors (Lipinski definition) is 3. The molecule has 0 bridgehead atoms. The Morgan fingerprint density at radius 2 is 1.12 bits per heavy atom. The van der Waals surface area contributed by atoms with E-state index in [1.54, 1.807) is 0 Å². The van der Waals surface area contributed by atoms with Gasteiger partial charge in [0.2, 0.25) is 0 Å². The summed E-state index contributed by atoms with van der Waals surface area (Å²) in [6.07, 6.45) is -3.37. The third-order valence-electron chi connectivity index (χ3n) is 9.79. The molecule has 13 nitrogen and oxygen atoms in total. The summed E-state index contributed by atoms with van der Waals surface area (Å²) in [5.74, 6) is -4.78. The molecular formula is C45H54N2O11. The first kappa shape index (κ1) is 44.1. The first-order chi connectivity index (χ1) is 28.0. The Morgan fingerprint density at radius 1 is 0.690 bits per heavy atom. The Labute approximate surface area is 339 Å². The lowest BCUT2D eigenvalue weighted by Gasteiger charge is -2.44. The first-order valence-electron chi connectivity index (χ1n) is 19.4. The molecule has 0 aliphatic carbocycles. The molecule has 2 fully saturated rings. The van der Waals surface area contributed by atoms with Crippen LogP contribution in [0.15, 0.2) is 121 Å². The maximum atomic E-state index is 14.8. The molecule has 2 aliphatic heterocycles. The second-order valence-electron chi connectivity index (χ2n) is 14.6. The molecule has 2 heterocycles. The van der Waals surface area contributed by atoms with Crippen LogP contribution in [0.25, 0.3) is 0 Å². The molecule has 58 heavy (non-hydrogen) atoms. The van der Waals surface area contributed by atoms with Gasteiger partial charge in [-0.25, -0.2) is 9.59 Å². The minimum atomic E-state index is -1.82. The van der Waals surface area contributed by atoms with E-state index in [2.05, 4.69) is 5.32 Å². The van der Waals surface area contributed by atoms with Crippen molar-refractivity contribution in [1.82, 2.24) is 10.2 Å². The number of ether oxygens (including phenoxy) is 6. The summed E-state index contributed by atoms with van der Waals surface area (Å²) in [4.78, 5) is 34.9. The van der Waals surface area contributed by atoms with Crippen molar-refractivity contribution in [3.8, 4) is 0 Å². The van der Waals surface area contributed by atoms with E-state index in [0.29, 0.717) is 32.8 Å². The number of benzene rings is 4. The van der Waals surface area contributed by atoms with Crippen LogP contribution in [0.5, 0.6) is 0 Å². The smallest absolute Gasteiger partial charge is 0.414 e. The number of carbonyl (C=O) groups excluding carboxylic acids is 1. The fourth-order valence-corrected chi connectivity index (χ4v) is 7.02.